The van der Waals surface area contributed by atoms with Gasteiger partial charge in [-0.2, -0.15) is 0 Å². The number of hydrogen-bond donors (Lipinski definition) is 2. The number of urea groups is 1. The Morgan fingerprint density at radius 2 is 1.78 bits per heavy atom. The molecular formula is C16H14F2N2O2S. The summed E-state index contributed by atoms with van der Waals surface area (Å²) in [4.78, 5) is 23.6. The van der Waals surface area contributed by atoms with Crippen LogP contribution >= 0.6 is 11.8 Å². The minimum atomic E-state index is -0.898. The van der Waals surface area contributed by atoms with Gasteiger partial charge in [-0.15, -0.1) is 11.8 Å². The minimum absolute atomic E-state index is 0.00842. The molecule has 120 valence electrons. The molecule has 0 spiro atoms. The van der Waals surface area contributed by atoms with Crippen LogP contribution in [0.4, 0.5) is 13.6 Å². The second-order valence-corrected chi connectivity index (χ2v) is 5.70. The topological polar surface area (TPSA) is 58.2 Å². The normalized spacial score (nSPS) is 11.6. The average Bonchev–Trinajstić information content (AvgIpc) is 2.56. The zero-order valence-corrected chi connectivity index (χ0v) is 13.0. The summed E-state index contributed by atoms with van der Waals surface area (Å²) in [7, 11) is 1.37. The highest BCUT2D eigenvalue weighted by Crippen LogP contribution is 2.37. The number of imide groups is 1. The fraction of sp³-hybridized carbons (Fsp3) is 0.125. The molecule has 2 aromatic rings. The fourth-order valence-electron chi connectivity index (χ4n) is 1.84. The standard InChI is InChI=1S/C16H14F2N2O2S/c1-19-16(22)20-15(21)14(10-5-3-2-4-6-10)23-13-9-11(17)7-8-12(13)18/h2-9,14H,1H3,(H2,19,20,21,22)/t14-/m1/s1. The lowest BCUT2D eigenvalue weighted by molar-refractivity contribution is -0.119. The molecule has 0 aliphatic rings. The lowest BCUT2D eigenvalue weighted by atomic mass is 10.1. The molecule has 0 saturated heterocycles. The fourth-order valence-corrected chi connectivity index (χ4v) is 2.91. The van der Waals surface area contributed by atoms with Gasteiger partial charge in [-0.1, -0.05) is 30.3 Å². The Morgan fingerprint density at radius 3 is 2.43 bits per heavy atom. The Hall–Kier alpha value is -2.41. The molecule has 1 atom stereocenters. The summed E-state index contributed by atoms with van der Waals surface area (Å²) in [5.74, 6) is -1.86. The minimum Gasteiger partial charge on any atom is -0.341 e. The third-order valence-corrected chi connectivity index (χ3v) is 4.23. The Labute approximate surface area is 136 Å². The number of nitrogens with one attached hydrogen (secondary N) is 2. The van der Waals surface area contributed by atoms with Crippen LogP contribution in [0.25, 0.3) is 0 Å². The molecule has 7 heteroatoms. The van der Waals surface area contributed by atoms with Crippen molar-refractivity contribution in [3.63, 3.8) is 0 Å². The molecule has 4 nitrogen and oxygen atoms in total. The highest BCUT2D eigenvalue weighted by molar-refractivity contribution is 8.00. The first kappa shape index (κ1) is 17.0. The van der Waals surface area contributed by atoms with E-state index in [0.717, 1.165) is 30.0 Å². The van der Waals surface area contributed by atoms with E-state index in [1.165, 1.54) is 7.05 Å². The first-order valence-corrected chi connectivity index (χ1v) is 7.58. The third-order valence-electron chi connectivity index (χ3n) is 2.94. The van der Waals surface area contributed by atoms with E-state index in [1.807, 2.05) is 0 Å². The first-order chi connectivity index (χ1) is 11.0. The predicted octanol–water partition coefficient (Wildman–Crippen LogP) is 3.25. The molecule has 2 aromatic carbocycles. The molecule has 0 aromatic heterocycles. The van der Waals surface area contributed by atoms with Crippen molar-refractivity contribution >= 4 is 23.7 Å². The summed E-state index contributed by atoms with van der Waals surface area (Å²) in [6.07, 6.45) is 0. The molecule has 0 fully saturated rings. The first-order valence-electron chi connectivity index (χ1n) is 6.70. The molecule has 2 rings (SSSR count). The molecule has 2 N–H and O–H groups in total. The molecule has 0 bridgehead atoms. The van der Waals surface area contributed by atoms with E-state index < -0.39 is 28.8 Å². The number of halogens is 2. The van der Waals surface area contributed by atoms with Gasteiger partial charge in [-0.05, 0) is 23.8 Å². The largest absolute Gasteiger partial charge is 0.341 e. The number of benzene rings is 2. The lowest BCUT2D eigenvalue weighted by Gasteiger charge is -2.16. The van der Waals surface area contributed by atoms with Gasteiger partial charge in [0, 0.05) is 11.9 Å². The van der Waals surface area contributed by atoms with Gasteiger partial charge < -0.3 is 5.32 Å². The molecular weight excluding hydrogens is 322 g/mol. The van der Waals surface area contributed by atoms with Crippen LogP contribution in [0.3, 0.4) is 0 Å². The van der Waals surface area contributed by atoms with Crippen LogP contribution in [0.15, 0.2) is 53.4 Å². The number of carbonyl (C=O) groups excluding carboxylic acids is 2. The molecule has 0 unspecified atom stereocenters. The van der Waals surface area contributed by atoms with Gasteiger partial charge in [-0.3, -0.25) is 10.1 Å². The van der Waals surface area contributed by atoms with E-state index in [4.69, 9.17) is 0 Å². The zero-order valence-electron chi connectivity index (χ0n) is 12.2. The quantitative estimate of drug-likeness (QED) is 0.843. The highest BCUT2D eigenvalue weighted by Gasteiger charge is 2.24. The van der Waals surface area contributed by atoms with Crippen molar-refractivity contribution in [3.05, 3.63) is 65.7 Å². The lowest BCUT2D eigenvalue weighted by Crippen LogP contribution is -2.39. The second-order valence-electron chi connectivity index (χ2n) is 4.55. The number of amides is 3. The van der Waals surface area contributed by atoms with Crippen LogP contribution in [0.5, 0.6) is 0 Å². The van der Waals surface area contributed by atoms with Gasteiger partial charge in [-0.25, -0.2) is 13.6 Å². The van der Waals surface area contributed by atoms with Gasteiger partial charge in [0.25, 0.3) is 0 Å². The van der Waals surface area contributed by atoms with E-state index in [0.29, 0.717) is 5.56 Å². The van der Waals surface area contributed by atoms with Crippen LogP contribution in [-0.4, -0.2) is 19.0 Å². The summed E-state index contributed by atoms with van der Waals surface area (Å²) in [5, 5.41) is 3.53. The van der Waals surface area contributed by atoms with Crippen LogP contribution in [-0.2, 0) is 4.79 Å². The monoisotopic (exact) mass is 336 g/mol. The SMILES string of the molecule is CNC(=O)NC(=O)[C@H](Sc1cc(F)ccc1F)c1ccccc1. The van der Waals surface area contributed by atoms with Gasteiger partial charge in [0.15, 0.2) is 0 Å². The summed E-state index contributed by atoms with van der Waals surface area (Å²) in [5.41, 5.74) is 0.572. The maximum atomic E-state index is 13.8. The summed E-state index contributed by atoms with van der Waals surface area (Å²) < 4.78 is 27.2. The molecule has 3 amide bonds. The molecule has 0 radical (unpaired) electrons. The van der Waals surface area contributed by atoms with E-state index in [2.05, 4.69) is 10.6 Å². The van der Waals surface area contributed by atoms with Gasteiger partial charge in [0.2, 0.25) is 5.91 Å². The average molecular weight is 336 g/mol. The van der Waals surface area contributed by atoms with E-state index in [-0.39, 0.29) is 4.90 Å². The Balaban J connectivity index is 2.32. The number of carbonyl (C=O) groups is 2. The van der Waals surface area contributed by atoms with Crippen molar-refractivity contribution in [2.45, 2.75) is 10.1 Å². The smallest absolute Gasteiger partial charge is 0.321 e. The van der Waals surface area contributed by atoms with E-state index in [1.54, 1.807) is 30.3 Å². The van der Waals surface area contributed by atoms with Crippen LogP contribution in [0.1, 0.15) is 10.8 Å². The Morgan fingerprint density at radius 1 is 1.09 bits per heavy atom. The van der Waals surface area contributed by atoms with Crippen LogP contribution in [0, 0.1) is 11.6 Å². The summed E-state index contributed by atoms with van der Waals surface area (Å²) in [6.45, 7) is 0. The molecule has 0 aliphatic carbocycles. The van der Waals surface area contributed by atoms with Gasteiger partial charge in [0.1, 0.15) is 16.9 Å². The predicted molar refractivity (Wildman–Crippen MR) is 84.0 cm³/mol. The third kappa shape index (κ3) is 4.53. The Kier molecular flexibility index (Phi) is 5.70. The maximum Gasteiger partial charge on any atom is 0.321 e. The van der Waals surface area contributed by atoms with Crippen LogP contribution < -0.4 is 10.6 Å². The molecule has 23 heavy (non-hydrogen) atoms. The molecule has 0 saturated carbocycles. The number of rotatable bonds is 4. The van der Waals surface area contributed by atoms with Crippen molar-refractivity contribution in [1.29, 1.82) is 0 Å². The zero-order chi connectivity index (χ0) is 16.8. The number of thioether (sulfide) groups is 1. The van der Waals surface area contributed by atoms with Gasteiger partial charge in [0.05, 0.1) is 0 Å². The van der Waals surface area contributed by atoms with E-state index >= 15 is 0 Å². The van der Waals surface area contributed by atoms with Crippen molar-refractivity contribution in [2.24, 2.45) is 0 Å². The van der Waals surface area contributed by atoms with Crippen molar-refractivity contribution in [1.82, 2.24) is 10.6 Å². The van der Waals surface area contributed by atoms with Crippen molar-refractivity contribution in [3.8, 4) is 0 Å². The number of hydrogen-bond acceptors (Lipinski definition) is 3. The van der Waals surface area contributed by atoms with Crippen LogP contribution in [0.2, 0.25) is 0 Å². The molecule has 0 aliphatic heterocycles. The van der Waals surface area contributed by atoms with Crippen molar-refractivity contribution in [2.75, 3.05) is 7.05 Å². The van der Waals surface area contributed by atoms with Gasteiger partial charge >= 0.3 is 6.03 Å². The Bertz CT molecular complexity index is 710. The van der Waals surface area contributed by atoms with Crippen molar-refractivity contribution < 1.29 is 18.4 Å². The second kappa shape index (κ2) is 7.73. The van der Waals surface area contributed by atoms with E-state index in [9.17, 15) is 18.4 Å². The summed E-state index contributed by atoms with van der Waals surface area (Å²) >= 11 is 0.836. The highest BCUT2D eigenvalue weighted by atomic mass is 32.2. The maximum absolute atomic E-state index is 13.8. The summed E-state index contributed by atoms with van der Waals surface area (Å²) in [6, 6.07) is 10.9. The molecule has 0 heterocycles.